The van der Waals surface area contributed by atoms with E-state index >= 15 is 0 Å². The molecule has 0 aliphatic heterocycles. The van der Waals surface area contributed by atoms with Crippen LogP contribution in [0.3, 0.4) is 0 Å². The van der Waals surface area contributed by atoms with E-state index in [2.05, 4.69) is 15.5 Å². The topological polar surface area (TPSA) is 56.7 Å². The van der Waals surface area contributed by atoms with Crippen molar-refractivity contribution < 1.29 is 0 Å². The van der Waals surface area contributed by atoms with Crippen molar-refractivity contribution in [2.24, 2.45) is 0 Å². The standard InChI is InChI=1S/C16H12N4S/c17-14-7-3-1-5-12(14)11-9-18-20(10-11)16-13-6-2-4-8-15(13)19-21-16/h1-10H,17H2. The third-order valence-corrected chi connectivity index (χ3v) is 4.30. The van der Waals surface area contributed by atoms with Crippen molar-refractivity contribution >= 4 is 28.1 Å². The number of benzene rings is 2. The van der Waals surface area contributed by atoms with Crippen molar-refractivity contribution in [1.82, 2.24) is 14.2 Å². The smallest absolute Gasteiger partial charge is 0.145 e. The highest BCUT2D eigenvalue weighted by Gasteiger charge is 2.10. The molecule has 2 heterocycles. The maximum absolute atomic E-state index is 6.02. The summed E-state index contributed by atoms with van der Waals surface area (Å²) in [4.78, 5) is 0. The van der Waals surface area contributed by atoms with Crippen LogP contribution < -0.4 is 5.73 Å². The van der Waals surface area contributed by atoms with Crippen molar-refractivity contribution in [2.75, 3.05) is 5.73 Å². The van der Waals surface area contributed by atoms with Gasteiger partial charge in [0.1, 0.15) is 5.00 Å². The first-order chi connectivity index (χ1) is 10.3. The molecule has 0 spiro atoms. The Hall–Kier alpha value is -2.66. The highest BCUT2D eigenvalue weighted by molar-refractivity contribution is 7.10. The second-order valence-corrected chi connectivity index (χ2v) is 5.52. The molecule has 0 aliphatic rings. The molecule has 2 aromatic carbocycles. The van der Waals surface area contributed by atoms with Crippen molar-refractivity contribution in [1.29, 1.82) is 0 Å². The number of rotatable bonds is 2. The monoisotopic (exact) mass is 292 g/mol. The Balaban J connectivity index is 1.83. The van der Waals surface area contributed by atoms with Gasteiger partial charge in [0.25, 0.3) is 0 Å². The number of anilines is 1. The molecule has 0 unspecified atom stereocenters. The summed E-state index contributed by atoms with van der Waals surface area (Å²) in [7, 11) is 0. The zero-order chi connectivity index (χ0) is 14.2. The molecule has 5 heteroatoms. The van der Waals surface area contributed by atoms with Crippen LogP contribution >= 0.6 is 11.5 Å². The van der Waals surface area contributed by atoms with Gasteiger partial charge in [-0.2, -0.15) is 9.47 Å². The molecule has 2 N–H and O–H groups in total. The lowest BCUT2D eigenvalue weighted by molar-refractivity contribution is 0.903. The number of nitrogen functional groups attached to an aromatic ring is 1. The lowest BCUT2D eigenvalue weighted by atomic mass is 10.1. The Labute approximate surface area is 125 Å². The molecule has 102 valence electrons. The Morgan fingerprint density at radius 3 is 2.71 bits per heavy atom. The summed E-state index contributed by atoms with van der Waals surface area (Å²) in [6.45, 7) is 0. The molecular formula is C16H12N4S. The minimum atomic E-state index is 0.756. The lowest BCUT2D eigenvalue weighted by Crippen LogP contribution is -1.91. The lowest BCUT2D eigenvalue weighted by Gasteiger charge is -2.01. The average Bonchev–Trinajstić information content (AvgIpc) is 3.14. The van der Waals surface area contributed by atoms with Gasteiger partial charge >= 0.3 is 0 Å². The summed E-state index contributed by atoms with van der Waals surface area (Å²) in [6, 6.07) is 15.9. The van der Waals surface area contributed by atoms with Crippen LogP contribution in [0.4, 0.5) is 5.69 Å². The number of nitrogens with two attached hydrogens (primary N) is 1. The SMILES string of the molecule is Nc1ccccc1-c1cnn(-c2snc3ccccc23)c1. The fraction of sp³-hybridized carbons (Fsp3) is 0. The number of hydrogen-bond acceptors (Lipinski definition) is 4. The quantitative estimate of drug-likeness (QED) is 0.573. The zero-order valence-corrected chi connectivity index (χ0v) is 11.9. The van der Waals surface area contributed by atoms with E-state index in [0.29, 0.717) is 0 Å². The van der Waals surface area contributed by atoms with E-state index in [1.165, 1.54) is 11.5 Å². The van der Waals surface area contributed by atoms with E-state index in [9.17, 15) is 0 Å². The van der Waals surface area contributed by atoms with Crippen molar-refractivity contribution in [3.63, 3.8) is 0 Å². The Bertz CT molecular complexity index is 923. The van der Waals surface area contributed by atoms with Gasteiger partial charge < -0.3 is 5.73 Å². The van der Waals surface area contributed by atoms with Crippen LogP contribution in [0.1, 0.15) is 0 Å². The first-order valence-electron chi connectivity index (χ1n) is 6.57. The Morgan fingerprint density at radius 2 is 1.81 bits per heavy atom. The third-order valence-electron chi connectivity index (χ3n) is 3.43. The molecule has 0 atom stereocenters. The van der Waals surface area contributed by atoms with Gasteiger partial charge in [-0.1, -0.05) is 30.3 Å². The van der Waals surface area contributed by atoms with E-state index in [1.807, 2.05) is 59.5 Å². The van der Waals surface area contributed by atoms with E-state index in [-0.39, 0.29) is 0 Å². The van der Waals surface area contributed by atoms with Crippen LogP contribution in [-0.4, -0.2) is 14.2 Å². The molecule has 0 fully saturated rings. The molecular weight excluding hydrogens is 280 g/mol. The van der Waals surface area contributed by atoms with Gasteiger partial charge in [-0.3, -0.25) is 0 Å². The molecule has 4 aromatic rings. The predicted molar refractivity (Wildman–Crippen MR) is 86.6 cm³/mol. The minimum Gasteiger partial charge on any atom is -0.398 e. The number of para-hydroxylation sites is 1. The van der Waals surface area contributed by atoms with E-state index in [0.717, 1.165) is 32.7 Å². The van der Waals surface area contributed by atoms with Crippen LogP contribution in [0.25, 0.3) is 27.0 Å². The molecule has 0 aliphatic carbocycles. The molecule has 0 radical (unpaired) electrons. The first-order valence-corrected chi connectivity index (χ1v) is 7.34. The molecule has 0 saturated carbocycles. The van der Waals surface area contributed by atoms with E-state index < -0.39 is 0 Å². The number of hydrogen-bond donors (Lipinski definition) is 1. The van der Waals surface area contributed by atoms with Gasteiger partial charge in [-0.05, 0) is 29.7 Å². The highest BCUT2D eigenvalue weighted by atomic mass is 32.1. The summed E-state index contributed by atoms with van der Waals surface area (Å²) in [5, 5.41) is 6.59. The molecule has 2 aromatic heterocycles. The largest absolute Gasteiger partial charge is 0.398 e. The molecule has 0 amide bonds. The van der Waals surface area contributed by atoms with Gasteiger partial charge in [-0.25, -0.2) is 4.68 Å². The second-order valence-electron chi connectivity index (χ2n) is 4.77. The first kappa shape index (κ1) is 12.1. The zero-order valence-electron chi connectivity index (χ0n) is 11.1. The van der Waals surface area contributed by atoms with Gasteiger partial charge in [0.05, 0.1) is 11.7 Å². The molecule has 21 heavy (non-hydrogen) atoms. The number of fused-ring (bicyclic) bond motifs is 1. The maximum atomic E-state index is 6.02. The Morgan fingerprint density at radius 1 is 1.00 bits per heavy atom. The van der Waals surface area contributed by atoms with Gasteiger partial charge in [0, 0.05) is 28.4 Å². The highest BCUT2D eigenvalue weighted by Crippen LogP contribution is 2.29. The van der Waals surface area contributed by atoms with Crippen molar-refractivity contribution in [2.45, 2.75) is 0 Å². The minimum absolute atomic E-state index is 0.756. The summed E-state index contributed by atoms with van der Waals surface area (Å²) in [5.41, 5.74) is 9.78. The number of nitrogens with zero attached hydrogens (tertiary/aromatic N) is 3. The van der Waals surface area contributed by atoms with Crippen LogP contribution in [-0.2, 0) is 0 Å². The van der Waals surface area contributed by atoms with Gasteiger partial charge in [0.15, 0.2) is 0 Å². The van der Waals surface area contributed by atoms with Gasteiger partial charge in [-0.15, -0.1) is 0 Å². The Kier molecular flexibility index (Phi) is 2.72. The summed E-state index contributed by atoms with van der Waals surface area (Å²) < 4.78 is 6.31. The van der Waals surface area contributed by atoms with Crippen LogP contribution in [0.15, 0.2) is 60.9 Å². The van der Waals surface area contributed by atoms with E-state index in [1.54, 1.807) is 0 Å². The average molecular weight is 292 g/mol. The van der Waals surface area contributed by atoms with Crippen molar-refractivity contribution in [3.8, 4) is 16.1 Å². The predicted octanol–water partition coefficient (Wildman–Crippen LogP) is 3.73. The summed E-state index contributed by atoms with van der Waals surface area (Å²) in [6.07, 6.45) is 3.83. The molecule has 4 nitrogen and oxygen atoms in total. The molecule has 4 rings (SSSR count). The summed E-state index contributed by atoms with van der Waals surface area (Å²) >= 11 is 1.45. The number of aromatic nitrogens is 3. The van der Waals surface area contributed by atoms with E-state index in [4.69, 9.17) is 5.73 Å². The van der Waals surface area contributed by atoms with Crippen LogP contribution in [0, 0.1) is 0 Å². The van der Waals surface area contributed by atoms with Gasteiger partial charge in [0.2, 0.25) is 0 Å². The molecule has 0 saturated heterocycles. The van der Waals surface area contributed by atoms with Crippen LogP contribution in [0.5, 0.6) is 0 Å². The maximum Gasteiger partial charge on any atom is 0.145 e. The fourth-order valence-electron chi connectivity index (χ4n) is 2.37. The second kappa shape index (κ2) is 4.71. The fourth-order valence-corrected chi connectivity index (χ4v) is 3.17. The van der Waals surface area contributed by atoms with Crippen LogP contribution in [0.2, 0.25) is 0 Å². The normalized spacial score (nSPS) is 11.0. The summed E-state index contributed by atoms with van der Waals surface area (Å²) in [5.74, 6) is 0. The third kappa shape index (κ3) is 1.98. The van der Waals surface area contributed by atoms with Crippen molar-refractivity contribution in [3.05, 3.63) is 60.9 Å². The molecule has 0 bridgehead atoms.